The van der Waals surface area contributed by atoms with E-state index in [4.69, 9.17) is 4.74 Å². The van der Waals surface area contributed by atoms with Gasteiger partial charge in [-0.3, -0.25) is 9.78 Å². The summed E-state index contributed by atoms with van der Waals surface area (Å²) in [7, 11) is 0. The van der Waals surface area contributed by atoms with Crippen molar-refractivity contribution in [1.29, 1.82) is 0 Å². The van der Waals surface area contributed by atoms with E-state index in [2.05, 4.69) is 11.9 Å². The molecule has 4 heteroatoms. The Morgan fingerprint density at radius 3 is 2.29 bits per heavy atom. The summed E-state index contributed by atoms with van der Waals surface area (Å²) in [4.78, 5) is 27.8. The van der Waals surface area contributed by atoms with Crippen LogP contribution in [0.25, 0.3) is 6.08 Å². The predicted octanol–water partition coefficient (Wildman–Crippen LogP) is 4.74. The van der Waals surface area contributed by atoms with Crippen LogP contribution in [0.4, 0.5) is 0 Å². The Kier molecular flexibility index (Phi) is 10.4. The van der Waals surface area contributed by atoms with Gasteiger partial charge in [0.2, 0.25) is 0 Å². The molecule has 132 valence electrons. The van der Waals surface area contributed by atoms with Gasteiger partial charge in [-0.15, -0.1) is 0 Å². The van der Waals surface area contributed by atoms with Crippen LogP contribution in [0.2, 0.25) is 0 Å². The molecule has 1 rings (SSSR count). The lowest BCUT2D eigenvalue weighted by molar-refractivity contribution is -0.140. The molecule has 1 aromatic rings. The summed E-state index contributed by atoms with van der Waals surface area (Å²) >= 11 is 0. The summed E-state index contributed by atoms with van der Waals surface area (Å²) in [6.07, 6.45) is 12.6. The van der Waals surface area contributed by atoms with Crippen molar-refractivity contribution < 1.29 is 14.3 Å². The number of hydrogen-bond acceptors (Lipinski definition) is 4. The van der Waals surface area contributed by atoms with Gasteiger partial charge in [-0.25, -0.2) is 4.79 Å². The topological polar surface area (TPSA) is 56.3 Å². The Bertz CT molecular complexity index is 523. The molecule has 1 heterocycles. The van der Waals surface area contributed by atoms with Gasteiger partial charge in [-0.2, -0.15) is 0 Å². The lowest BCUT2D eigenvalue weighted by atomic mass is 10.1. The van der Waals surface area contributed by atoms with Gasteiger partial charge >= 0.3 is 5.97 Å². The number of esters is 1. The second-order valence-electron chi connectivity index (χ2n) is 5.98. The molecule has 4 nitrogen and oxygen atoms in total. The number of hydrogen-bond donors (Lipinski definition) is 0. The van der Waals surface area contributed by atoms with Crippen molar-refractivity contribution >= 4 is 17.8 Å². The summed E-state index contributed by atoms with van der Waals surface area (Å²) < 4.78 is 5.23. The lowest BCUT2D eigenvalue weighted by Crippen LogP contribution is -2.14. The Balaban J connectivity index is 2.29. The average molecular weight is 331 g/mol. The first kappa shape index (κ1) is 20.1. The molecule has 24 heavy (non-hydrogen) atoms. The summed E-state index contributed by atoms with van der Waals surface area (Å²) in [6, 6.07) is 5.34. The molecule has 0 amide bonds. The average Bonchev–Trinajstić information content (AvgIpc) is 2.58. The molecule has 0 aliphatic heterocycles. The molecule has 0 N–H and O–H groups in total. The lowest BCUT2D eigenvalue weighted by Gasteiger charge is -2.06. The number of carbonyl (C=O) groups excluding carboxylic acids is 2. The third kappa shape index (κ3) is 8.61. The number of unbranched alkanes of at least 4 members (excludes halogenated alkanes) is 7. The van der Waals surface area contributed by atoms with Crippen LogP contribution in [-0.2, 0) is 14.3 Å². The SMILES string of the molecule is CCCCCCCCCCOC(=O)/C(=C\c1ccccn1)C(C)=O. The maximum Gasteiger partial charge on any atom is 0.341 e. The molecule has 1 aromatic heterocycles. The molecule has 0 unspecified atom stereocenters. The summed E-state index contributed by atoms with van der Waals surface area (Å²) in [5.41, 5.74) is 0.625. The highest BCUT2D eigenvalue weighted by Crippen LogP contribution is 2.10. The van der Waals surface area contributed by atoms with Crippen molar-refractivity contribution in [2.75, 3.05) is 6.61 Å². The van der Waals surface area contributed by atoms with Gasteiger partial charge in [0.1, 0.15) is 5.57 Å². The van der Waals surface area contributed by atoms with Gasteiger partial charge in [0.15, 0.2) is 5.78 Å². The zero-order chi connectivity index (χ0) is 17.6. The first-order valence-electron chi connectivity index (χ1n) is 8.96. The Morgan fingerprint density at radius 2 is 1.71 bits per heavy atom. The first-order chi connectivity index (χ1) is 11.6. The van der Waals surface area contributed by atoms with E-state index in [1.54, 1.807) is 18.3 Å². The van der Waals surface area contributed by atoms with Crippen LogP contribution >= 0.6 is 0 Å². The van der Waals surface area contributed by atoms with E-state index >= 15 is 0 Å². The molecular weight excluding hydrogens is 302 g/mol. The summed E-state index contributed by atoms with van der Waals surface area (Å²) in [6.45, 7) is 3.94. The van der Waals surface area contributed by atoms with Gasteiger partial charge in [-0.05, 0) is 31.6 Å². The maximum absolute atomic E-state index is 12.1. The number of nitrogens with zero attached hydrogens (tertiary/aromatic N) is 1. The highest BCUT2D eigenvalue weighted by atomic mass is 16.5. The normalized spacial score (nSPS) is 11.3. The largest absolute Gasteiger partial charge is 0.462 e. The van der Waals surface area contributed by atoms with Crippen molar-refractivity contribution in [2.45, 2.75) is 65.2 Å². The fourth-order valence-electron chi connectivity index (χ4n) is 2.39. The van der Waals surface area contributed by atoms with Crippen LogP contribution in [-0.4, -0.2) is 23.3 Å². The monoisotopic (exact) mass is 331 g/mol. The zero-order valence-corrected chi connectivity index (χ0v) is 14.9. The van der Waals surface area contributed by atoms with Gasteiger partial charge in [0, 0.05) is 6.20 Å². The maximum atomic E-state index is 12.1. The fourth-order valence-corrected chi connectivity index (χ4v) is 2.39. The number of pyridine rings is 1. The second kappa shape index (κ2) is 12.5. The Hall–Kier alpha value is -1.97. The number of rotatable bonds is 12. The molecule has 0 bridgehead atoms. The number of Topliss-reactive ketones (excluding diaryl/α,β-unsaturated/α-hetero) is 1. The molecular formula is C20H29NO3. The fraction of sp³-hybridized carbons (Fsp3) is 0.550. The Labute approximate surface area is 145 Å². The van der Waals surface area contributed by atoms with Crippen LogP contribution in [0.5, 0.6) is 0 Å². The zero-order valence-electron chi connectivity index (χ0n) is 14.9. The van der Waals surface area contributed by atoms with Crippen LogP contribution in [0, 0.1) is 0 Å². The molecule has 0 aliphatic rings. The summed E-state index contributed by atoms with van der Waals surface area (Å²) in [5.74, 6) is -0.863. The summed E-state index contributed by atoms with van der Waals surface area (Å²) in [5, 5.41) is 0. The van der Waals surface area contributed by atoms with Crippen LogP contribution in [0.1, 0.15) is 70.9 Å². The smallest absolute Gasteiger partial charge is 0.341 e. The number of ketones is 1. The number of carbonyl (C=O) groups is 2. The van der Waals surface area contributed by atoms with Gasteiger partial charge < -0.3 is 4.74 Å². The second-order valence-corrected chi connectivity index (χ2v) is 5.98. The third-order valence-corrected chi connectivity index (χ3v) is 3.81. The molecule has 0 spiro atoms. The van der Waals surface area contributed by atoms with Crippen molar-refractivity contribution in [3.63, 3.8) is 0 Å². The molecule has 0 saturated heterocycles. The minimum atomic E-state index is -0.559. The molecule has 0 saturated carbocycles. The molecule has 0 aromatic carbocycles. The Morgan fingerprint density at radius 1 is 1.04 bits per heavy atom. The van der Waals surface area contributed by atoms with Crippen molar-refractivity contribution in [2.24, 2.45) is 0 Å². The van der Waals surface area contributed by atoms with E-state index in [1.165, 1.54) is 51.5 Å². The van der Waals surface area contributed by atoms with E-state index in [9.17, 15) is 9.59 Å². The van der Waals surface area contributed by atoms with Crippen LogP contribution in [0.15, 0.2) is 30.0 Å². The van der Waals surface area contributed by atoms with E-state index in [1.807, 2.05) is 6.07 Å². The minimum Gasteiger partial charge on any atom is -0.462 e. The molecule has 0 fully saturated rings. The van der Waals surface area contributed by atoms with E-state index in [0.717, 1.165) is 12.8 Å². The highest BCUT2D eigenvalue weighted by Gasteiger charge is 2.16. The minimum absolute atomic E-state index is 0.0493. The van der Waals surface area contributed by atoms with E-state index in [-0.39, 0.29) is 11.4 Å². The first-order valence-corrected chi connectivity index (χ1v) is 8.96. The van der Waals surface area contributed by atoms with Crippen molar-refractivity contribution in [3.05, 3.63) is 35.7 Å². The quantitative estimate of drug-likeness (QED) is 0.182. The number of aromatic nitrogens is 1. The van der Waals surface area contributed by atoms with E-state index in [0.29, 0.717) is 12.3 Å². The van der Waals surface area contributed by atoms with Gasteiger partial charge in [-0.1, -0.05) is 57.9 Å². The molecule has 0 aliphatic carbocycles. The highest BCUT2D eigenvalue weighted by molar-refractivity contribution is 6.19. The van der Waals surface area contributed by atoms with Gasteiger partial charge in [0.05, 0.1) is 12.3 Å². The third-order valence-electron chi connectivity index (χ3n) is 3.81. The standard InChI is InChI=1S/C20H29NO3/c1-3-4-5-6-7-8-9-12-15-24-20(23)19(17(2)22)16-18-13-10-11-14-21-18/h10-11,13-14,16H,3-9,12,15H2,1-2H3/b19-16-. The molecule has 0 atom stereocenters. The van der Waals surface area contributed by atoms with Crippen LogP contribution < -0.4 is 0 Å². The number of ether oxygens (including phenoxy) is 1. The van der Waals surface area contributed by atoms with Crippen LogP contribution in [0.3, 0.4) is 0 Å². The molecule has 0 radical (unpaired) electrons. The van der Waals surface area contributed by atoms with Gasteiger partial charge in [0.25, 0.3) is 0 Å². The van der Waals surface area contributed by atoms with Crippen molar-refractivity contribution in [3.8, 4) is 0 Å². The van der Waals surface area contributed by atoms with E-state index < -0.39 is 5.97 Å². The predicted molar refractivity (Wildman–Crippen MR) is 96.5 cm³/mol. The van der Waals surface area contributed by atoms with Crippen molar-refractivity contribution in [1.82, 2.24) is 4.98 Å².